The van der Waals surface area contributed by atoms with Crippen molar-refractivity contribution < 1.29 is 27.5 Å². The van der Waals surface area contributed by atoms with Crippen LogP contribution in [-0.4, -0.2) is 47.4 Å². The van der Waals surface area contributed by atoms with Crippen molar-refractivity contribution >= 4 is 17.5 Å². The maximum absolute atomic E-state index is 12.9. The third kappa shape index (κ3) is 4.85. The Bertz CT molecular complexity index is 898. The number of rotatable bonds is 4. The van der Waals surface area contributed by atoms with Crippen LogP contribution < -0.4 is 9.64 Å². The fraction of sp³-hybridized carbons (Fsp3) is 0.350. The van der Waals surface area contributed by atoms with Crippen LogP contribution in [0.15, 0.2) is 42.6 Å². The standard InChI is InChI=1S/C20H20F3N3O3/c1-13(2)29-16-5-3-14(4-6-16)19(28)25-9-10-26(18(27)12-25)15-7-8-24-17(11-15)20(21,22)23/h3-8,11,13H,9-10,12H2,1-2H3. The fourth-order valence-electron chi connectivity index (χ4n) is 2.99. The van der Waals surface area contributed by atoms with E-state index in [2.05, 4.69) is 4.98 Å². The molecule has 0 N–H and O–H groups in total. The molecule has 1 aromatic carbocycles. The minimum atomic E-state index is -4.59. The molecule has 3 rings (SSSR count). The second-order valence-electron chi connectivity index (χ2n) is 6.86. The number of halogens is 3. The summed E-state index contributed by atoms with van der Waals surface area (Å²) < 4.78 is 44.1. The van der Waals surface area contributed by atoms with Crippen LogP contribution in [0.2, 0.25) is 0 Å². The average Bonchev–Trinajstić information content (AvgIpc) is 2.67. The lowest BCUT2D eigenvalue weighted by Crippen LogP contribution is -2.52. The van der Waals surface area contributed by atoms with Gasteiger partial charge in [0.1, 0.15) is 18.0 Å². The number of amides is 2. The number of ether oxygens (including phenoxy) is 1. The van der Waals surface area contributed by atoms with Gasteiger partial charge >= 0.3 is 6.18 Å². The van der Waals surface area contributed by atoms with Crippen LogP contribution in [0.5, 0.6) is 5.75 Å². The zero-order chi connectivity index (χ0) is 21.2. The highest BCUT2D eigenvalue weighted by Gasteiger charge is 2.34. The smallest absolute Gasteiger partial charge is 0.433 e. The van der Waals surface area contributed by atoms with Crippen LogP contribution in [0, 0.1) is 0 Å². The highest BCUT2D eigenvalue weighted by Crippen LogP contribution is 2.30. The van der Waals surface area contributed by atoms with Crippen molar-refractivity contribution in [2.24, 2.45) is 0 Å². The molecular formula is C20H20F3N3O3. The van der Waals surface area contributed by atoms with E-state index >= 15 is 0 Å². The largest absolute Gasteiger partial charge is 0.491 e. The molecule has 0 unspecified atom stereocenters. The number of benzene rings is 1. The maximum Gasteiger partial charge on any atom is 0.433 e. The molecule has 6 nitrogen and oxygen atoms in total. The first-order chi connectivity index (χ1) is 13.6. The molecule has 0 atom stereocenters. The lowest BCUT2D eigenvalue weighted by atomic mass is 10.1. The summed E-state index contributed by atoms with van der Waals surface area (Å²) in [5.41, 5.74) is -0.546. The SMILES string of the molecule is CC(C)Oc1ccc(C(=O)N2CCN(c3ccnc(C(F)(F)F)c3)C(=O)C2)cc1. The molecule has 1 saturated heterocycles. The first-order valence-corrected chi connectivity index (χ1v) is 9.05. The Balaban J connectivity index is 1.68. The molecule has 0 aliphatic carbocycles. The summed E-state index contributed by atoms with van der Waals surface area (Å²) >= 11 is 0. The number of carbonyl (C=O) groups is 2. The zero-order valence-corrected chi connectivity index (χ0v) is 15.9. The van der Waals surface area contributed by atoms with Gasteiger partial charge in [-0.2, -0.15) is 13.2 Å². The molecule has 0 saturated carbocycles. The number of hydrogen-bond acceptors (Lipinski definition) is 4. The molecule has 1 fully saturated rings. The van der Waals surface area contributed by atoms with E-state index in [0.717, 1.165) is 12.3 Å². The van der Waals surface area contributed by atoms with Crippen molar-refractivity contribution in [3.05, 3.63) is 53.9 Å². The van der Waals surface area contributed by atoms with E-state index in [1.54, 1.807) is 24.3 Å². The van der Waals surface area contributed by atoms with Crippen molar-refractivity contribution in [2.45, 2.75) is 26.1 Å². The number of nitrogens with zero attached hydrogens (tertiary/aromatic N) is 3. The summed E-state index contributed by atoms with van der Waals surface area (Å²) in [5, 5.41) is 0. The van der Waals surface area contributed by atoms with E-state index in [0.29, 0.717) is 11.3 Å². The second-order valence-corrected chi connectivity index (χ2v) is 6.86. The number of anilines is 1. The van der Waals surface area contributed by atoms with E-state index in [1.165, 1.54) is 15.9 Å². The first-order valence-electron chi connectivity index (χ1n) is 9.05. The summed E-state index contributed by atoms with van der Waals surface area (Å²) in [6.07, 6.45) is -3.57. The monoisotopic (exact) mass is 407 g/mol. The fourth-order valence-corrected chi connectivity index (χ4v) is 2.99. The van der Waals surface area contributed by atoms with Gasteiger partial charge in [0.05, 0.1) is 6.10 Å². The Morgan fingerprint density at radius 3 is 2.41 bits per heavy atom. The van der Waals surface area contributed by atoms with Gasteiger partial charge in [-0.05, 0) is 50.2 Å². The lowest BCUT2D eigenvalue weighted by molar-refractivity contribution is -0.141. The van der Waals surface area contributed by atoms with Gasteiger partial charge in [-0.1, -0.05) is 0 Å². The molecule has 2 amide bonds. The summed E-state index contributed by atoms with van der Waals surface area (Å²) in [6, 6.07) is 8.79. The zero-order valence-electron chi connectivity index (χ0n) is 15.9. The molecule has 2 aromatic rings. The summed E-state index contributed by atoms with van der Waals surface area (Å²) in [4.78, 5) is 31.1. The van der Waals surface area contributed by atoms with Gasteiger partial charge in [-0.15, -0.1) is 0 Å². The van der Waals surface area contributed by atoms with Gasteiger partial charge < -0.3 is 14.5 Å². The van der Waals surface area contributed by atoms with E-state index < -0.39 is 17.8 Å². The number of carbonyl (C=O) groups excluding carboxylic acids is 2. The van der Waals surface area contributed by atoms with Crippen LogP contribution >= 0.6 is 0 Å². The van der Waals surface area contributed by atoms with Gasteiger partial charge in [0, 0.05) is 30.5 Å². The minimum Gasteiger partial charge on any atom is -0.491 e. The second kappa shape index (κ2) is 8.10. The van der Waals surface area contributed by atoms with E-state index in [9.17, 15) is 22.8 Å². The van der Waals surface area contributed by atoms with Crippen molar-refractivity contribution in [1.29, 1.82) is 0 Å². The minimum absolute atomic E-state index is 0.00768. The third-order valence-corrected chi connectivity index (χ3v) is 4.33. The molecule has 154 valence electrons. The Morgan fingerprint density at radius 2 is 1.83 bits per heavy atom. The molecule has 1 aliphatic heterocycles. The van der Waals surface area contributed by atoms with Gasteiger partial charge in [0.25, 0.3) is 5.91 Å². The molecule has 0 spiro atoms. The number of aromatic nitrogens is 1. The van der Waals surface area contributed by atoms with Crippen molar-refractivity contribution in [1.82, 2.24) is 9.88 Å². The van der Waals surface area contributed by atoms with Crippen molar-refractivity contribution in [2.75, 3.05) is 24.5 Å². The Hall–Kier alpha value is -3.10. The van der Waals surface area contributed by atoms with Gasteiger partial charge in [0.2, 0.25) is 5.91 Å². The Labute approximate surface area is 165 Å². The predicted molar refractivity (Wildman–Crippen MR) is 99.7 cm³/mol. The summed E-state index contributed by atoms with van der Waals surface area (Å²) in [5.74, 6) is -0.140. The van der Waals surface area contributed by atoms with Crippen LogP contribution in [-0.2, 0) is 11.0 Å². The Kier molecular flexibility index (Phi) is 5.76. The van der Waals surface area contributed by atoms with Crippen molar-refractivity contribution in [3.63, 3.8) is 0 Å². The number of hydrogen-bond donors (Lipinski definition) is 0. The molecule has 2 heterocycles. The molecule has 1 aromatic heterocycles. The number of piperazine rings is 1. The van der Waals surface area contributed by atoms with Gasteiger partial charge in [-0.3, -0.25) is 14.6 Å². The number of pyridine rings is 1. The van der Waals surface area contributed by atoms with Gasteiger partial charge in [-0.25, -0.2) is 0 Å². The van der Waals surface area contributed by atoms with E-state index in [-0.39, 0.29) is 37.3 Å². The van der Waals surface area contributed by atoms with Crippen LogP contribution in [0.1, 0.15) is 29.9 Å². The summed E-state index contributed by atoms with van der Waals surface area (Å²) in [6.45, 7) is 3.88. The van der Waals surface area contributed by atoms with E-state index in [1.807, 2.05) is 13.8 Å². The average molecular weight is 407 g/mol. The normalized spacial score (nSPS) is 15.0. The maximum atomic E-state index is 12.9. The molecular weight excluding hydrogens is 387 g/mol. The molecule has 1 aliphatic rings. The Morgan fingerprint density at radius 1 is 1.14 bits per heavy atom. The quantitative estimate of drug-likeness (QED) is 0.780. The third-order valence-electron chi connectivity index (χ3n) is 4.33. The lowest BCUT2D eigenvalue weighted by Gasteiger charge is -2.34. The highest BCUT2D eigenvalue weighted by molar-refractivity contribution is 6.01. The van der Waals surface area contributed by atoms with E-state index in [4.69, 9.17) is 4.74 Å². The highest BCUT2D eigenvalue weighted by atomic mass is 19.4. The predicted octanol–water partition coefficient (Wildman–Crippen LogP) is 3.38. The first kappa shape index (κ1) is 20.6. The van der Waals surface area contributed by atoms with Gasteiger partial charge in [0.15, 0.2) is 0 Å². The molecule has 9 heteroatoms. The van der Waals surface area contributed by atoms with Crippen LogP contribution in [0.4, 0.5) is 18.9 Å². The topological polar surface area (TPSA) is 62.7 Å². The summed E-state index contributed by atoms with van der Waals surface area (Å²) in [7, 11) is 0. The molecule has 0 radical (unpaired) electrons. The van der Waals surface area contributed by atoms with Crippen LogP contribution in [0.25, 0.3) is 0 Å². The molecule has 29 heavy (non-hydrogen) atoms. The number of alkyl halides is 3. The molecule has 0 bridgehead atoms. The van der Waals surface area contributed by atoms with Crippen LogP contribution in [0.3, 0.4) is 0 Å². The van der Waals surface area contributed by atoms with Crippen molar-refractivity contribution in [3.8, 4) is 5.75 Å².